The van der Waals surface area contributed by atoms with Crippen LogP contribution in [0.2, 0.25) is 0 Å². The smallest absolute Gasteiger partial charge is 0.251 e. The third-order valence-corrected chi connectivity index (χ3v) is 3.89. The molecule has 0 unspecified atom stereocenters. The Balaban J connectivity index is 1.73. The largest absolute Gasteiger partial charge is 0.355 e. The van der Waals surface area contributed by atoms with Crippen LogP contribution < -0.4 is 16.0 Å². The van der Waals surface area contributed by atoms with E-state index in [2.05, 4.69) is 20.9 Å². The maximum absolute atomic E-state index is 13.3. The van der Waals surface area contributed by atoms with Crippen LogP contribution in [0.5, 0.6) is 0 Å². The van der Waals surface area contributed by atoms with Gasteiger partial charge >= 0.3 is 0 Å². The summed E-state index contributed by atoms with van der Waals surface area (Å²) in [5.74, 6) is 0.317. The second-order valence-corrected chi connectivity index (χ2v) is 6.06. The Morgan fingerprint density at radius 3 is 2.50 bits per heavy atom. The highest BCUT2D eigenvalue weighted by Gasteiger charge is 2.05. The van der Waals surface area contributed by atoms with Crippen molar-refractivity contribution in [3.8, 4) is 0 Å². The molecule has 5 nitrogen and oxygen atoms in total. The van der Waals surface area contributed by atoms with Crippen LogP contribution in [0.25, 0.3) is 0 Å². The number of nitrogens with one attached hydrogen (secondary N) is 3. The number of aliphatic imine (C=N–C) groups is 1. The number of aryl methyl sites for hydroxylation is 2. The molecule has 3 N–H and O–H groups in total. The first-order chi connectivity index (χ1) is 12.5. The molecular weight excluding hydrogens is 331 g/mol. The van der Waals surface area contributed by atoms with E-state index in [9.17, 15) is 9.18 Å². The minimum atomic E-state index is -0.208. The summed E-state index contributed by atoms with van der Waals surface area (Å²) >= 11 is 0. The number of amides is 1. The summed E-state index contributed by atoms with van der Waals surface area (Å²) in [6, 6.07) is 12.5. The molecule has 2 aromatic rings. The van der Waals surface area contributed by atoms with Crippen molar-refractivity contribution in [1.82, 2.24) is 16.0 Å². The van der Waals surface area contributed by atoms with Gasteiger partial charge in [-0.25, -0.2) is 4.39 Å². The fourth-order valence-electron chi connectivity index (χ4n) is 2.47. The first kappa shape index (κ1) is 19.4. The lowest BCUT2D eigenvalue weighted by Crippen LogP contribution is -2.41. The second-order valence-electron chi connectivity index (χ2n) is 6.06. The van der Waals surface area contributed by atoms with Crippen LogP contribution >= 0.6 is 0 Å². The zero-order valence-corrected chi connectivity index (χ0v) is 15.4. The van der Waals surface area contributed by atoms with Gasteiger partial charge in [0.1, 0.15) is 5.82 Å². The minimum Gasteiger partial charge on any atom is -0.355 e. The molecule has 2 rings (SSSR count). The highest BCUT2D eigenvalue weighted by Crippen LogP contribution is 2.08. The highest BCUT2D eigenvalue weighted by molar-refractivity contribution is 5.94. The fourth-order valence-corrected chi connectivity index (χ4v) is 2.47. The number of carbonyl (C=O) groups excluding carboxylic acids is 1. The van der Waals surface area contributed by atoms with Crippen molar-refractivity contribution < 1.29 is 9.18 Å². The molecule has 0 aliphatic heterocycles. The SMILES string of the molecule is CN=C(NCCNC(=O)c1cccc(C)c1)NCc1ccc(F)c(C)c1. The van der Waals surface area contributed by atoms with Crippen LogP contribution in [0.1, 0.15) is 27.0 Å². The molecule has 0 spiro atoms. The lowest BCUT2D eigenvalue weighted by Gasteiger charge is -2.13. The Bertz CT molecular complexity index is 789. The second kappa shape index (κ2) is 9.56. The summed E-state index contributed by atoms with van der Waals surface area (Å²) in [5.41, 5.74) is 3.29. The van der Waals surface area contributed by atoms with Crippen LogP contribution in [0.4, 0.5) is 4.39 Å². The molecule has 0 saturated carbocycles. The van der Waals surface area contributed by atoms with Crippen molar-refractivity contribution in [3.63, 3.8) is 0 Å². The van der Waals surface area contributed by atoms with Crippen molar-refractivity contribution in [3.05, 3.63) is 70.5 Å². The Morgan fingerprint density at radius 1 is 1.04 bits per heavy atom. The van der Waals surface area contributed by atoms with Gasteiger partial charge in [0.2, 0.25) is 0 Å². The number of carbonyl (C=O) groups is 1. The normalized spacial score (nSPS) is 11.2. The predicted molar refractivity (Wildman–Crippen MR) is 103 cm³/mol. The first-order valence-corrected chi connectivity index (χ1v) is 8.54. The summed E-state index contributed by atoms with van der Waals surface area (Å²) in [6.45, 7) is 5.25. The Kier molecular flexibility index (Phi) is 7.14. The molecule has 0 fully saturated rings. The van der Waals surface area contributed by atoms with Gasteiger partial charge in [-0.05, 0) is 43.2 Å². The number of benzene rings is 2. The van der Waals surface area contributed by atoms with Gasteiger partial charge in [-0.15, -0.1) is 0 Å². The molecule has 138 valence electrons. The first-order valence-electron chi connectivity index (χ1n) is 8.54. The maximum atomic E-state index is 13.3. The van der Waals surface area contributed by atoms with Crippen molar-refractivity contribution in [2.24, 2.45) is 4.99 Å². The molecule has 0 radical (unpaired) electrons. The molecule has 0 saturated heterocycles. The van der Waals surface area contributed by atoms with E-state index in [0.29, 0.717) is 36.7 Å². The molecule has 6 heteroatoms. The van der Waals surface area contributed by atoms with Gasteiger partial charge in [-0.2, -0.15) is 0 Å². The van der Waals surface area contributed by atoms with Crippen molar-refractivity contribution in [2.45, 2.75) is 20.4 Å². The van der Waals surface area contributed by atoms with Crippen molar-refractivity contribution >= 4 is 11.9 Å². The lowest BCUT2D eigenvalue weighted by atomic mass is 10.1. The van der Waals surface area contributed by atoms with E-state index in [1.54, 1.807) is 32.2 Å². The molecule has 0 aliphatic carbocycles. The van der Waals surface area contributed by atoms with Gasteiger partial charge in [0.15, 0.2) is 5.96 Å². The summed E-state index contributed by atoms with van der Waals surface area (Å²) in [4.78, 5) is 16.2. The number of hydrogen-bond acceptors (Lipinski definition) is 2. The van der Waals surface area contributed by atoms with Gasteiger partial charge < -0.3 is 16.0 Å². The Hall–Kier alpha value is -2.89. The standard InChI is InChI=1S/C20H25FN4O/c1-14-5-4-6-17(11-14)19(26)23-9-10-24-20(22-3)25-13-16-7-8-18(21)15(2)12-16/h4-8,11-12H,9-10,13H2,1-3H3,(H,23,26)(H2,22,24,25). The van der Waals surface area contributed by atoms with Crippen LogP contribution in [-0.2, 0) is 6.54 Å². The molecule has 26 heavy (non-hydrogen) atoms. The van der Waals surface area contributed by atoms with Crippen LogP contribution in [0.3, 0.4) is 0 Å². The van der Waals surface area contributed by atoms with Gasteiger partial charge in [-0.1, -0.05) is 29.8 Å². The zero-order valence-electron chi connectivity index (χ0n) is 15.4. The highest BCUT2D eigenvalue weighted by atomic mass is 19.1. The Morgan fingerprint density at radius 2 is 1.81 bits per heavy atom. The molecule has 2 aromatic carbocycles. The van der Waals surface area contributed by atoms with E-state index in [1.165, 1.54) is 6.07 Å². The van der Waals surface area contributed by atoms with Gasteiger partial charge in [0.25, 0.3) is 5.91 Å². The molecule has 0 heterocycles. The lowest BCUT2D eigenvalue weighted by molar-refractivity contribution is 0.0954. The quantitative estimate of drug-likeness (QED) is 0.423. The molecule has 0 bridgehead atoms. The third-order valence-electron chi connectivity index (χ3n) is 3.89. The van der Waals surface area contributed by atoms with E-state index in [4.69, 9.17) is 0 Å². The molecular formula is C20H25FN4O. The van der Waals surface area contributed by atoms with Crippen LogP contribution in [0, 0.1) is 19.7 Å². The topological polar surface area (TPSA) is 65.5 Å². The number of nitrogens with zero attached hydrogens (tertiary/aromatic N) is 1. The Labute approximate surface area is 153 Å². The minimum absolute atomic E-state index is 0.0970. The summed E-state index contributed by atoms with van der Waals surface area (Å²) in [6.07, 6.45) is 0. The van der Waals surface area contributed by atoms with Crippen molar-refractivity contribution in [2.75, 3.05) is 20.1 Å². The molecule has 0 aromatic heterocycles. The van der Waals surface area contributed by atoms with Gasteiger partial charge in [0, 0.05) is 32.2 Å². The molecule has 0 aliphatic rings. The maximum Gasteiger partial charge on any atom is 0.251 e. The summed E-state index contributed by atoms with van der Waals surface area (Å²) < 4.78 is 13.3. The number of guanidine groups is 1. The van der Waals surface area contributed by atoms with Crippen LogP contribution in [-0.4, -0.2) is 32.0 Å². The number of halogens is 1. The van der Waals surface area contributed by atoms with E-state index in [0.717, 1.165) is 11.1 Å². The number of hydrogen-bond donors (Lipinski definition) is 3. The van der Waals surface area contributed by atoms with Crippen molar-refractivity contribution in [1.29, 1.82) is 0 Å². The van der Waals surface area contributed by atoms with E-state index < -0.39 is 0 Å². The van der Waals surface area contributed by atoms with E-state index >= 15 is 0 Å². The van der Waals surface area contributed by atoms with Crippen LogP contribution in [0.15, 0.2) is 47.5 Å². The van der Waals surface area contributed by atoms with Gasteiger partial charge in [0.05, 0.1) is 0 Å². The monoisotopic (exact) mass is 356 g/mol. The summed E-state index contributed by atoms with van der Waals surface area (Å²) in [7, 11) is 1.68. The predicted octanol–water partition coefficient (Wildman–Crippen LogP) is 2.54. The molecule has 0 atom stereocenters. The summed E-state index contributed by atoms with van der Waals surface area (Å²) in [5, 5.41) is 9.16. The van der Waals surface area contributed by atoms with E-state index in [-0.39, 0.29) is 11.7 Å². The fraction of sp³-hybridized carbons (Fsp3) is 0.300. The average molecular weight is 356 g/mol. The molecule has 1 amide bonds. The number of rotatable bonds is 6. The zero-order chi connectivity index (χ0) is 18.9. The van der Waals surface area contributed by atoms with E-state index in [1.807, 2.05) is 25.1 Å². The third kappa shape index (κ3) is 5.88. The average Bonchev–Trinajstić information content (AvgIpc) is 2.63. The van der Waals surface area contributed by atoms with Gasteiger partial charge in [-0.3, -0.25) is 9.79 Å².